The van der Waals surface area contributed by atoms with E-state index in [-0.39, 0.29) is 67.7 Å². The number of amides is 11. The Labute approximate surface area is 524 Å². The number of carbonyl (C=O) groups is 12. The number of hydrogen-bond acceptors (Lipinski definition) is 20. The zero-order valence-electron chi connectivity index (χ0n) is 50.8. The summed E-state index contributed by atoms with van der Waals surface area (Å²) in [5.74, 6) is -11.3. The summed E-state index contributed by atoms with van der Waals surface area (Å²) in [6.07, 6.45) is -2.52. The lowest BCUT2D eigenvalue weighted by Gasteiger charge is -2.31. The van der Waals surface area contributed by atoms with Gasteiger partial charge in [-0.3, -0.25) is 62.4 Å². The van der Waals surface area contributed by atoms with Gasteiger partial charge in [-0.2, -0.15) is 0 Å². The molecule has 0 saturated carbocycles. The number of phenols is 2. The number of hydrogen-bond donors (Lipinski definition) is 16. The summed E-state index contributed by atoms with van der Waals surface area (Å²) in [6, 6.07) is -0.131. The molecule has 4 rings (SSSR count). The highest BCUT2D eigenvalue weighted by atomic mass is 33.1. The molecule has 2 saturated heterocycles. The van der Waals surface area contributed by atoms with Gasteiger partial charge in [0, 0.05) is 63.1 Å². The molecule has 89 heavy (non-hydrogen) atoms. The number of carboxylic acid groups (broad SMARTS) is 1. The van der Waals surface area contributed by atoms with E-state index >= 15 is 0 Å². The molecule has 30 nitrogen and oxygen atoms in total. The van der Waals surface area contributed by atoms with Crippen molar-refractivity contribution in [2.45, 2.75) is 121 Å². The number of phenolic OH excluding ortho intramolecular Hbond substituents is 2. The maximum Gasteiger partial charge on any atom is 0.305 e. The van der Waals surface area contributed by atoms with Gasteiger partial charge in [0.2, 0.25) is 65.0 Å². The van der Waals surface area contributed by atoms with E-state index in [1.165, 1.54) is 60.4 Å². The number of benzene rings is 2. The second-order valence-electron chi connectivity index (χ2n) is 22.0. The van der Waals surface area contributed by atoms with E-state index in [0.717, 1.165) is 21.6 Å². The topological polar surface area (TPSA) is 437 Å². The average Bonchev–Trinajstić information content (AvgIpc) is 2.47. The molecule has 2 fully saturated rings. The summed E-state index contributed by atoms with van der Waals surface area (Å²) >= 11 is 0. The van der Waals surface area contributed by atoms with Crippen molar-refractivity contribution >= 4 is 92.5 Å². The van der Waals surface area contributed by atoms with E-state index in [4.69, 9.17) is 0 Å². The summed E-state index contributed by atoms with van der Waals surface area (Å²) in [5, 5.41) is 72.0. The van der Waals surface area contributed by atoms with E-state index in [2.05, 4.69) is 63.8 Å². The minimum atomic E-state index is -1.92. The van der Waals surface area contributed by atoms with Crippen LogP contribution in [-0.2, 0) is 70.4 Å². The summed E-state index contributed by atoms with van der Waals surface area (Å²) < 4.78 is 0. The van der Waals surface area contributed by atoms with Crippen LogP contribution < -0.4 is 63.8 Å². The summed E-state index contributed by atoms with van der Waals surface area (Å²) in [6.45, 7) is 7.33. The summed E-state index contributed by atoms with van der Waals surface area (Å²) in [7, 11) is 5.73. The van der Waals surface area contributed by atoms with Crippen LogP contribution in [0.25, 0.3) is 0 Å². The van der Waals surface area contributed by atoms with Gasteiger partial charge in [-0.1, -0.05) is 59.7 Å². The molecule has 16 N–H and O–H groups in total. The highest BCUT2D eigenvalue weighted by Crippen LogP contribution is 2.25. The van der Waals surface area contributed by atoms with E-state index in [9.17, 15) is 78.0 Å². The number of aromatic hydroxyl groups is 2. The lowest BCUT2D eigenvalue weighted by atomic mass is 10.0. The highest BCUT2D eigenvalue weighted by Gasteiger charge is 2.40. The molecule has 2 aliphatic rings. The number of aliphatic hydroxyl groups excluding tert-OH is 1. The summed E-state index contributed by atoms with van der Waals surface area (Å²) in [4.78, 5) is 167. The van der Waals surface area contributed by atoms with Gasteiger partial charge in [0.25, 0.3) is 0 Å². The van der Waals surface area contributed by atoms with Crippen molar-refractivity contribution in [3.05, 3.63) is 59.7 Å². The lowest BCUT2D eigenvalue weighted by molar-refractivity contribution is -0.143. The zero-order valence-corrected chi connectivity index (χ0v) is 52.4. The zero-order chi connectivity index (χ0) is 65.7. The molecule has 0 aromatic heterocycles. The normalized spacial score (nSPS) is 21.8. The molecule has 0 radical (unpaired) electrons. The number of likely N-dealkylation sites (tertiary alicyclic amines) is 1. The Morgan fingerprint density at radius 3 is 1.79 bits per heavy atom. The monoisotopic (exact) mass is 1290 g/mol. The highest BCUT2D eigenvalue weighted by molar-refractivity contribution is 8.76. The van der Waals surface area contributed by atoms with Crippen LogP contribution in [0.15, 0.2) is 48.5 Å². The molecule has 2 aliphatic heterocycles. The van der Waals surface area contributed by atoms with Gasteiger partial charge in [-0.25, -0.2) is 0 Å². The number of aliphatic carboxylic acids is 1. The number of rotatable bonds is 25. The largest absolute Gasteiger partial charge is 0.508 e. The van der Waals surface area contributed by atoms with Crippen LogP contribution in [0, 0.1) is 5.92 Å². The van der Waals surface area contributed by atoms with Crippen LogP contribution in [-0.4, -0.2) is 240 Å². The number of nitrogens with one attached hydrogen (secondary N) is 12. The number of carboxylic acids is 1. The Morgan fingerprint density at radius 2 is 1.22 bits per heavy atom. The third kappa shape index (κ3) is 26.5. The molecule has 1 unspecified atom stereocenters. The maximum atomic E-state index is 14.5. The van der Waals surface area contributed by atoms with E-state index in [0.29, 0.717) is 43.7 Å². The van der Waals surface area contributed by atoms with Crippen LogP contribution in [0.4, 0.5) is 0 Å². The molecular weight excluding hydrogens is 1200 g/mol. The third-order valence-corrected chi connectivity index (χ3v) is 16.6. The first-order valence-electron chi connectivity index (χ1n) is 29.2. The molecule has 9 atom stereocenters. The van der Waals surface area contributed by atoms with Crippen LogP contribution >= 0.6 is 21.6 Å². The molecule has 0 spiro atoms. The van der Waals surface area contributed by atoms with E-state index < -0.39 is 151 Å². The van der Waals surface area contributed by atoms with Gasteiger partial charge < -0.3 is 89.1 Å². The lowest BCUT2D eigenvalue weighted by Crippen LogP contribution is -2.60. The number of likely N-dealkylation sites (N-methyl/N-ethyl adjacent to an activating group) is 2. The smallest absolute Gasteiger partial charge is 0.305 e. The summed E-state index contributed by atoms with van der Waals surface area (Å²) in [5.41, 5.74) is 0.774. The minimum absolute atomic E-state index is 0.0348. The standard InChI is InChI=1S/C57H86N14O16S2/c1-32(2)22-42(64-46(76)27-60-45(75)26-61-48(78)29-70(20-17-58-5)21-18-59-6)57(87)71-19-7-8-44(71)55(85)68-43-31-89-88-30-33(3)63-56(86)50(34(4)72)69-47(77)28-62-51(81)39(23-35-9-13-37(73)14-10-35)65-52(82)40(24-36-11-15-38(74)16-12-36)66-53(83)41(25-49(79)80)67-54(43)84/h9-16,32-34,39-44,50,58-59,72-74H,7-8,17-31H2,1-6H3,(H,60,75)(H,61,78)(H,62,81)(H,63,86)(H,64,76)(H,65,82)(H,66,83)(H,67,84)(H,68,85)(H,69,77)(H,79,80)/t33-,34?,39+,40+,41+,42+,43+,44+,50+/m1/s1. The van der Waals surface area contributed by atoms with Crippen molar-refractivity contribution in [1.29, 1.82) is 0 Å². The Kier molecular flexibility index (Phi) is 31.4. The first kappa shape index (κ1) is 73.7. The molecule has 11 amide bonds. The van der Waals surface area contributed by atoms with Gasteiger partial charge in [-0.15, -0.1) is 0 Å². The average molecular weight is 1290 g/mol. The molecule has 492 valence electrons. The molecule has 32 heteroatoms. The molecule has 0 aliphatic carbocycles. The predicted molar refractivity (Wildman–Crippen MR) is 329 cm³/mol. The van der Waals surface area contributed by atoms with Crippen LogP contribution in [0.2, 0.25) is 0 Å². The van der Waals surface area contributed by atoms with Crippen molar-refractivity contribution in [2.75, 3.05) is 84.5 Å². The molecule has 0 bridgehead atoms. The van der Waals surface area contributed by atoms with Gasteiger partial charge >= 0.3 is 5.97 Å². The fourth-order valence-electron chi connectivity index (χ4n) is 9.30. The van der Waals surface area contributed by atoms with Crippen molar-refractivity contribution in [3.8, 4) is 11.5 Å². The number of nitrogens with zero attached hydrogens (tertiary/aromatic N) is 2. The second kappa shape index (κ2) is 37.9. The molecule has 2 aromatic rings. The van der Waals surface area contributed by atoms with Gasteiger partial charge in [0.1, 0.15) is 53.8 Å². The van der Waals surface area contributed by atoms with Gasteiger partial charge in [-0.05, 0) is 88.5 Å². The van der Waals surface area contributed by atoms with Crippen LogP contribution in [0.5, 0.6) is 11.5 Å². The van der Waals surface area contributed by atoms with Crippen LogP contribution in [0.3, 0.4) is 0 Å². The van der Waals surface area contributed by atoms with Crippen LogP contribution in [0.1, 0.15) is 64.5 Å². The molecule has 2 heterocycles. The number of aliphatic hydroxyl groups is 1. The molecular formula is C57H86N14O16S2. The fourth-order valence-corrected chi connectivity index (χ4v) is 11.7. The van der Waals surface area contributed by atoms with Crippen molar-refractivity contribution in [2.24, 2.45) is 5.92 Å². The first-order valence-corrected chi connectivity index (χ1v) is 31.7. The van der Waals surface area contributed by atoms with Crippen molar-refractivity contribution in [3.63, 3.8) is 0 Å². The molecule has 2 aromatic carbocycles. The number of carbonyl (C=O) groups excluding carboxylic acids is 11. The Bertz CT molecular complexity index is 2740. The van der Waals surface area contributed by atoms with E-state index in [1.807, 2.05) is 18.7 Å². The quantitative estimate of drug-likeness (QED) is 0.0418. The van der Waals surface area contributed by atoms with Gasteiger partial charge in [0.15, 0.2) is 0 Å². The predicted octanol–water partition coefficient (Wildman–Crippen LogP) is -4.33. The maximum absolute atomic E-state index is 14.5. The minimum Gasteiger partial charge on any atom is -0.508 e. The third-order valence-electron chi connectivity index (χ3n) is 14.0. The van der Waals surface area contributed by atoms with E-state index in [1.54, 1.807) is 21.0 Å². The van der Waals surface area contributed by atoms with Gasteiger partial charge in [0.05, 0.1) is 38.7 Å². The Hall–Kier alpha value is -7.78. The first-order chi connectivity index (χ1) is 42.3. The second-order valence-corrected chi connectivity index (χ2v) is 24.6. The SMILES string of the molecule is CNCCN(CCNC)CC(=O)NCC(=O)NCC(=O)N[C@@H](CC(C)C)C(=O)N1CCC[C@H]1C(=O)N[C@H]1CSSC[C@@H](C)NC(=O)[C@H](C(C)O)NC(=O)CNC(=O)[C@H](Cc2ccc(O)cc2)NC(=O)[C@H](Cc2ccc(O)cc2)NC(=O)[C@H](CC(=O)O)NC1=O. The fraction of sp³-hybridized carbons (Fsp3) is 0.579. The van der Waals surface area contributed by atoms with Crippen molar-refractivity contribution in [1.82, 2.24) is 73.6 Å². The Morgan fingerprint density at radius 1 is 0.685 bits per heavy atom. The van der Waals surface area contributed by atoms with Crippen molar-refractivity contribution < 1.29 is 78.0 Å². The Balaban J connectivity index is 1.61.